The maximum Gasteiger partial charge on any atom is 0.351 e. The number of carbonyl (C=O) groups excluding carboxylic acids is 3. The van der Waals surface area contributed by atoms with Gasteiger partial charge in [0, 0.05) is 5.57 Å². The Morgan fingerprint density at radius 2 is 2.08 bits per heavy atom. The standard InChI is InChI=1S/C7H8O5/c1-5(2)7(10)11-3-6(9)12-4-8/h4H,1,3H2,2H3. The van der Waals surface area contributed by atoms with E-state index >= 15 is 0 Å². The summed E-state index contributed by atoms with van der Waals surface area (Å²) in [6.07, 6.45) is 0. The largest absolute Gasteiger partial charge is 0.450 e. The smallest absolute Gasteiger partial charge is 0.351 e. The summed E-state index contributed by atoms with van der Waals surface area (Å²) in [6, 6.07) is 0. The molecule has 0 fully saturated rings. The maximum atomic E-state index is 10.6. The van der Waals surface area contributed by atoms with Crippen LogP contribution in [0.5, 0.6) is 0 Å². The molecule has 5 heteroatoms. The molecule has 0 N–H and O–H groups in total. The highest BCUT2D eigenvalue weighted by Crippen LogP contribution is 1.91. The Morgan fingerprint density at radius 1 is 1.50 bits per heavy atom. The molecule has 0 radical (unpaired) electrons. The molecule has 0 saturated heterocycles. The Balaban J connectivity index is 3.68. The van der Waals surface area contributed by atoms with Gasteiger partial charge in [-0.3, -0.25) is 4.79 Å². The van der Waals surface area contributed by atoms with Crippen molar-refractivity contribution in [1.82, 2.24) is 0 Å². The average molecular weight is 172 g/mol. The van der Waals surface area contributed by atoms with Gasteiger partial charge in [-0.15, -0.1) is 0 Å². The first-order valence-electron chi connectivity index (χ1n) is 3.03. The minimum atomic E-state index is -0.917. The van der Waals surface area contributed by atoms with Crippen LogP contribution in [0.4, 0.5) is 0 Å². The normalized spacial score (nSPS) is 8.42. The first-order chi connectivity index (χ1) is 5.57. The summed E-state index contributed by atoms with van der Waals surface area (Å²) in [4.78, 5) is 30.6. The van der Waals surface area contributed by atoms with E-state index < -0.39 is 18.5 Å². The zero-order valence-electron chi connectivity index (χ0n) is 6.53. The molecule has 0 spiro atoms. The fourth-order valence-corrected chi connectivity index (χ4v) is 0.335. The Labute approximate surface area is 69.0 Å². The SMILES string of the molecule is C=C(C)C(=O)OCC(=O)OC=O. The molecule has 0 bridgehead atoms. The highest BCUT2D eigenvalue weighted by atomic mass is 16.6. The lowest BCUT2D eigenvalue weighted by molar-refractivity contribution is -0.160. The van der Waals surface area contributed by atoms with Crippen molar-refractivity contribution in [3.8, 4) is 0 Å². The molecule has 66 valence electrons. The van der Waals surface area contributed by atoms with Crippen LogP contribution in [0, 0.1) is 0 Å². The van der Waals surface area contributed by atoms with E-state index in [-0.39, 0.29) is 12.0 Å². The lowest BCUT2D eigenvalue weighted by Crippen LogP contribution is -2.15. The van der Waals surface area contributed by atoms with Crippen molar-refractivity contribution in [1.29, 1.82) is 0 Å². The Kier molecular flexibility index (Phi) is 4.36. The second kappa shape index (κ2) is 5.06. The van der Waals surface area contributed by atoms with Crippen LogP contribution < -0.4 is 0 Å². The Hall–Kier alpha value is -1.65. The van der Waals surface area contributed by atoms with Crippen LogP contribution in [0.3, 0.4) is 0 Å². The second-order valence-electron chi connectivity index (χ2n) is 1.94. The van der Waals surface area contributed by atoms with Crippen LogP contribution in [0.1, 0.15) is 6.92 Å². The van der Waals surface area contributed by atoms with Gasteiger partial charge in [-0.2, -0.15) is 0 Å². The number of hydrogen-bond donors (Lipinski definition) is 0. The van der Waals surface area contributed by atoms with Crippen LogP contribution in [0.25, 0.3) is 0 Å². The Bertz CT molecular complexity index is 218. The molecule has 5 nitrogen and oxygen atoms in total. The maximum absolute atomic E-state index is 10.6. The number of hydrogen-bond acceptors (Lipinski definition) is 5. The fraction of sp³-hybridized carbons (Fsp3) is 0.286. The van der Waals surface area contributed by atoms with E-state index in [4.69, 9.17) is 0 Å². The zero-order valence-corrected chi connectivity index (χ0v) is 6.53. The number of carbonyl (C=O) groups is 3. The number of esters is 2. The zero-order chi connectivity index (χ0) is 9.56. The summed E-state index contributed by atoms with van der Waals surface area (Å²) in [5, 5.41) is 0. The van der Waals surface area contributed by atoms with Crippen molar-refractivity contribution in [3.05, 3.63) is 12.2 Å². The van der Waals surface area contributed by atoms with Crippen molar-refractivity contribution in [2.75, 3.05) is 6.61 Å². The summed E-state index contributed by atoms with van der Waals surface area (Å²) in [6.45, 7) is 4.11. The van der Waals surface area contributed by atoms with Gasteiger partial charge in [-0.1, -0.05) is 6.58 Å². The molecule has 0 aromatic rings. The monoisotopic (exact) mass is 172 g/mol. The van der Waals surface area contributed by atoms with E-state index in [1.807, 2.05) is 0 Å². The van der Waals surface area contributed by atoms with E-state index in [0.29, 0.717) is 0 Å². The topological polar surface area (TPSA) is 69.7 Å². The highest BCUT2D eigenvalue weighted by molar-refractivity contribution is 5.89. The summed E-state index contributed by atoms with van der Waals surface area (Å²) in [5.74, 6) is -1.61. The van der Waals surface area contributed by atoms with Gasteiger partial charge in [0.15, 0.2) is 6.61 Å². The van der Waals surface area contributed by atoms with E-state index in [2.05, 4.69) is 16.1 Å². The summed E-state index contributed by atoms with van der Waals surface area (Å²) >= 11 is 0. The summed E-state index contributed by atoms with van der Waals surface area (Å²) < 4.78 is 8.19. The quantitative estimate of drug-likeness (QED) is 0.254. The van der Waals surface area contributed by atoms with Gasteiger partial charge in [-0.05, 0) is 6.92 Å². The molecule has 0 heterocycles. The van der Waals surface area contributed by atoms with Gasteiger partial charge >= 0.3 is 18.4 Å². The molecule has 0 rings (SSSR count). The number of ether oxygens (including phenoxy) is 2. The van der Waals surface area contributed by atoms with Gasteiger partial charge in [0.25, 0.3) is 0 Å². The predicted molar refractivity (Wildman–Crippen MR) is 37.9 cm³/mol. The summed E-state index contributed by atoms with van der Waals surface area (Å²) in [7, 11) is 0. The minimum absolute atomic E-state index is 0.0308. The molecule has 0 aromatic carbocycles. The fourth-order valence-electron chi connectivity index (χ4n) is 0.335. The molecular formula is C7H8O5. The number of rotatable bonds is 4. The van der Waals surface area contributed by atoms with Crippen molar-refractivity contribution >= 4 is 18.4 Å². The van der Waals surface area contributed by atoms with Crippen LogP contribution in [-0.2, 0) is 23.9 Å². The molecule has 0 aliphatic heterocycles. The third kappa shape index (κ3) is 4.21. The molecule has 0 atom stereocenters. The second-order valence-corrected chi connectivity index (χ2v) is 1.94. The molecule has 0 aromatic heterocycles. The average Bonchev–Trinajstić information content (AvgIpc) is 2.00. The summed E-state index contributed by atoms with van der Waals surface area (Å²) in [5.41, 5.74) is 0.175. The molecule has 0 amide bonds. The third-order valence-electron chi connectivity index (χ3n) is 0.849. The van der Waals surface area contributed by atoms with Crippen LogP contribution >= 0.6 is 0 Å². The van der Waals surface area contributed by atoms with E-state index in [1.165, 1.54) is 6.92 Å². The van der Waals surface area contributed by atoms with Gasteiger partial charge in [0.1, 0.15) is 0 Å². The first kappa shape index (κ1) is 10.3. The van der Waals surface area contributed by atoms with Crippen molar-refractivity contribution < 1.29 is 23.9 Å². The Morgan fingerprint density at radius 3 is 2.50 bits per heavy atom. The van der Waals surface area contributed by atoms with Crippen LogP contribution in [0.15, 0.2) is 12.2 Å². The highest BCUT2D eigenvalue weighted by Gasteiger charge is 2.07. The minimum Gasteiger partial charge on any atom is -0.450 e. The van der Waals surface area contributed by atoms with Gasteiger partial charge < -0.3 is 9.47 Å². The van der Waals surface area contributed by atoms with Crippen LogP contribution in [-0.4, -0.2) is 25.0 Å². The van der Waals surface area contributed by atoms with E-state index in [0.717, 1.165) is 0 Å². The van der Waals surface area contributed by atoms with E-state index in [9.17, 15) is 14.4 Å². The molecular weight excluding hydrogens is 164 g/mol. The van der Waals surface area contributed by atoms with Crippen molar-refractivity contribution in [2.45, 2.75) is 6.92 Å². The molecule has 12 heavy (non-hydrogen) atoms. The predicted octanol–water partition coefficient (Wildman–Crippen LogP) is -0.195. The molecule has 0 unspecified atom stereocenters. The van der Waals surface area contributed by atoms with E-state index in [1.54, 1.807) is 0 Å². The third-order valence-corrected chi connectivity index (χ3v) is 0.849. The van der Waals surface area contributed by atoms with Crippen LogP contribution in [0.2, 0.25) is 0 Å². The van der Waals surface area contributed by atoms with Gasteiger partial charge in [0.05, 0.1) is 0 Å². The molecule has 0 aliphatic carbocycles. The first-order valence-corrected chi connectivity index (χ1v) is 3.03. The van der Waals surface area contributed by atoms with Crippen molar-refractivity contribution in [3.63, 3.8) is 0 Å². The lowest BCUT2D eigenvalue weighted by Gasteiger charge is -2.00. The van der Waals surface area contributed by atoms with Gasteiger partial charge in [0.2, 0.25) is 0 Å². The molecule has 0 aliphatic rings. The molecule has 0 saturated carbocycles. The van der Waals surface area contributed by atoms with Gasteiger partial charge in [-0.25, -0.2) is 9.59 Å². The van der Waals surface area contributed by atoms with Crippen molar-refractivity contribution in [2.24, 2.45) is 0 Å². The lowest BCUT2D eigenvalue weighted by atomic mass is 10.4.